The first kappa shape index (κ1) is 21.0. The summed E-state index contributed by atoms with van der Waals surface area (Å²) in [4.78, 5) is 36.0. The van der Waals surface area contributed by atoms with E-state index in [1.807, 2.05) is 0 Å². The van der Waals surface area contributed by atoms with E-state index in [0.29, 0.717) is 22.2 Å². The van der Waals surface area contributed by atoms with E-state index in [-0.39, 0.29) is 17.8 Å². The Hall–Kier alpha value is -2.75. The number of aryl methyl sites for hydroxylation is 1. The Morgan fingerprint density at radius 3 is 2.69 bits per heavy atom. The van der Waals surface area contributed by atoms with E-state index in [4.69, 9.17) is 5.73 Å². The van der Waals surface area contributed by atoms with Crippen LogP contribution in [0, 0.1) is 28.4 Å². The summed E-state index contributed by atoms with van der Waals surface area (Å²) in [6, 6.07) is 1.30. The smallest absolute Gasteiger partial charge is 0.365 e. The van der Waals surface area contributed by atoms with Gasteiger partial charge in [-0.05, 0) is 48.0 Å². The number of nitrogens with zero attached hydrogens (tertiary/aromatic N) is 3. The van der Waals surface area contributed by atoms with E-state index < -0.39 is 16.7 Å². The van der Waals surface area contributed by atoms with E-state index in [2.05, 4.69) is 31.2 Å². The first-order valence-corrected chi connectivity index (χ1v) is 10.2. The minimum Gasteiger partial charge on any atom is -0.365 e. The van der Waals surface area contributed by atoms with Crippen LogP contribution < -0.4 is 11.1 Å². The van der Waals surface area contributed by atoms with Crippen molar-refractivity contribution >= 4 is 34.0 Å². The second-order valence-electron chi connectivity index (χ2n) is 8.48. The number of rotatable bonds is 5. The molecule has 0 saturated carbocycles. The van der Waals surface area contributed by atoms with Crippen LogP contribution in [0.1, 0.15) is 53.7 Å². The predicted molar refractivity (Wildman–Crippen MR) is 110 cm³/mol. The summed E-state index contributed by atoms with van der Waals surface area (Å²) >= 11 is 1.39. The van der Waals surface area contributed by atoms with Gasteiger partial charge in [0.15, 0.2) is 0 Å². The van der Waals surface area contributed by atoms with Crippen LogP contribution in [0.4, 0.5) is 10.8 Å². The van der Waals surface area contributed by atoms with Crippen molar-refractivity contribution in [3.05, 3.63) is 37.9 Å². The molecule has 0 aromatic carbocycles. The molecule has 0 spiro atoms. The Kier molecular flexibility index (Phi) is 5.48. The molecule has 1 aliphatic carbocycles. The van der Waals surface area contributed by atoms with Gasteiger partial charge in [-0.2, -0.15) is 4.68 Å². The maximum atomic E-state index is 12.5. The van der Waals surface area contributed by atoms with Crippen LogP contribution >= 0.6 is 11.3 Å². The molecular weight excluding hydrogens is 394 g/mol. The van der Waals surface area contributed by atoms with Crippen molar-refractivity contribution in [2.45, 2.75) is 53.5 Å². The lowest BCUT2D eigenvalue weighted by atomic mass is 9.72. The van der Waals surface area contributed by atoms with Crippen molar-refractivity contribution in [2.24, 2.45) is 17.1 Å². The van der Waals surface area contributed by atoms with Gasteiger partial charge in [0.25, 0.3) is 5.91 Å². The molecule has 3 N–H and O–H groups in total. The lowest BCUT2D eigenvalue weighted by Crippen LogP contribution is -2.27. The monoisotopic (exact) mass is 419 g/mol. The van der Waals surface area contributed by atoms with Crippen molar-refractivity contribution in [1.82, 2.24) is 9.78 Å². The average Bonchev–Trinajstić information content (AvgIpc) is 3.13. The standard InChI is InChI=1S/C19H25N5O4S/c1-10-7-14(24(27)28)22-23(10)9-15(25)21-18-16(17(20)26)12-6-5-11(19(2,3)4)8-13(12)29-18/h7,11H,5-6,8-9H2,1-4H3,(H2,20,26)(H,21,25)/t11-/m1/s1. The number of amides is 2. The zero-order chi connectivity index (χ0) is 21.5. The molecule has 3 rings (SSSR count). The first-order chi connectivity index (χ1) is 13.5. The zero-order valence-electron chi connectivity index (χ0n) is 16.9. The Morgan fingerprint density at radius 2 is 2.14 bits per heavy atom. The summed E-state index contributed by atoms with van der Waals surface area (Å²) < 4.78 is 1.26. The minimum atomic E-state index is -0.606. The summed E-state index contributed by atoms with van der Waals surface area (Å²) in [5.74, 6) is -0.796. The molecule has 0 radical (unpaired) electrons. The number of hydrogen-bond donors (Lipinski definition) is 2. The molecule has 0 saturated heterocycles. The fourth-order valence-electron chi connectivity index (χ4n) is 3.72. The maximum Gasteiger partial charge on any atom is 0.390 e. The van der Waals surface area contributed by atoms with Crippen molar-refractivity contribution in [3.63, 3.8) is 0 Å². The van der Waals surface area contributed by atoms with Crippen LogP contribution in [0.3, 0.4) is 0 Å². The van der Waals surface area contributed by atoms with E-state index in [1.54, 1.807) is 6.92 Å². The van der Waals surface area contributed by atoms with Crippen molar-refractivity contribution in [2.75, 3.05) is 5.32 Å². The van der Waals surface area contributed by atoms with E-state index in [0.717, 1.165) is 29.7 Å². The molecule has 0 aliphatic heterocycles. The van der Waals surface area contributed by atoms with Crippen molar-refractivity contribution in [3.8, 4) is 0 Å². The highest BCUT2D eigenvalue weighted by Gasteiger charge is 2.33. The maximum absolute atomic E-state index is 12.5. The molecule has 2 aromatic heterocycles. The van der Waals surface area contributed by atoms with Gasteiger partial charge in [0.1, 0.15) is 11.5 Å². The number of aromatic nitrogens is 2. The van der Waals surface area contributed by atoms with Gasteiger partial charge in [0.2, 0.25) is 5.91 Å². The number of nitrogens with two attached hydrogens (primary N) is 1. The second-order valence-corrected chi connectivity index (χ2v) is 9.59. The van der Waals surface area contributed by atoms with Crippen LogP contribution in [-0.4, -0.2) is 26.5 Å². The zero-order valence-corrected chi connectivity index (χ0v) is 17.8. The third-order valence-electron chi connectivity index (χ3n) is 5.44. The molecule has 9 nitrogen and oxygen atoms in total. The van der Waals surface area contributed by atoms with Gasteiger partial charge < -0.3 is 21.2 Å². The van der Waals surface area contributed by atoms with Gasteiger partial charge in [-0.3, -0.25) is 9.59 Å². The SMILES string of the molecule is Cc1cc([N+](=O)[O-])nn1CC(=O)Nc1sc2c(c1C(N)=O)CC[C@@H](C(C)(C)C)C2. The van der Waals surface area contributed by atoms with Crippen molar-refractivity contribution < 1.29 is 14.5 Å². The molecule has 1 aliphatic rings. The number of nitro groups is 1. The molecule has 0 unspecified atom stereocenters. The summed E-state index contributed by atoms with van der Waals surface area (Å²) in [6.45, 7) is 8.07. The van der Waals surface area contributed by atoms with Crippen LogP contribution in [0.25, 0.3) is 0 Å². The van der Waals surface area contributed by atoms with E-state index >= 15 is 0 Å². The fraction of sp³-hybridized carbons (Fsp3) is 0.526. The minimum absolute atomic E-state index is 0.157. The highest BCUT2D eigenvalue weighted by atomic mass is 32.1. The van der Waals surface area contributed by atoms with Crippen LogP contribution in [0.2, 0.25) is 0 Å². The number of nitrogens with one attached hydrogen (secondary N) is 1. The molecule has 156 valence electrons. The molecule has 2 heterocycles. The van der Waals surface area contributed by atoms with Gasteiger partial charge in [0, 0.05) is 4.88 Å². The Bertz CT molecular complexity index is 986. The number of primary amides is 1. The van der Waals surface area contributed by atoms with Crippen LogP contribution in [-0.2, 0) is 24.2 Å². The number of carbonyl (C=O) groups excluding carboxylic acids is 2. The number of carbonyl (C=O) groups is 2. The van der Waals surface area contributed by atoms with Gasteiger partial charge in [-0.25, -0.2) is 0 Å². The predicted octanol–water partition coefficient (Wildman–Crippen LogP) is 3.05. The molecule has 10 heteroatoms. The highest BCUT2D eigenvalue weighted by Crippen LogP contribution is 2.44. The highest BCUT2D eigenvalue weighted by molar-refractivity contribution is 7.17. The molecule has 2 amide bonds. The number of anilines is 1. The molecule has 1 atom stereocenters. The summed E-state index contributed by atoms with van der Waals surface area (Å²) in [5, 5.41) is 17.9. The lowest BCUT2D eigenvalue weighted by Gasteiger charge is -2.33. The second kappa shape index (κ2) is 7.58. The van der Waals surface area contributed by atoms with Gasteiger partial charge >= 0.3 is 5.82 Å². The van der Waals surface area contributed by atoms with Crippen LogP contribution in [0.5, 0.6) is 0 Å². The Morgan fingerprint density at radius 1 is 1.45 bits per heavy atom. The third-order valence-corrected chi connectivity index (χ3v) is 6.61. The third kappa shape index (κ3) is 4.31. The van der Waals surface area contributed by atoms with Crippen LogP contribution in [0.15, 0.2) is 6.07 Å². The topological polar surface area (TPSA) is 133 Å². The van der Waals surface area contributed by atoms with E-state index in [9.17, 15) is 19.7 Å². The molecule has 29 heavy (non-hydrogen) atoms. The van der Waals surface area contributed by atoms with Gasteiger partial charge in [0.05, 0.1) is 22.4 Å². The largest absolute Gasteiger partial charge is 0.390 e. The number of fused-ring (bicyclic) bond motifs is 1. The lowest BCUT2D eigenvalue weighted by molar-refractivity contribution is -0.389. The summed E-state index contributed by atoms with van der Waals surface area (Å²) in [7, 11) is 0. The molecular formula is C19H25N5O4S. The quantitative estimate of drug-likeness (QED) is 0.567. The Balaban J connectivity index is 1.82. The molecule has 2 aromatic rings. The summed E-state index contributed by atoms with van der Waals surface area (Å²) in [5.41, 5.74) is 7.59. The van der Waals surface area contributed by atoms with E-state index in [1.165, 1.54) is 22.1 Å². The molecule has 0 fully saturated rings. The molecule has 0 bridgehead atoms. The summed E-state index contributed by atoms with van der Waals surface area (Å²) in [6.07, 6.45) is 2.58. The number of hydrogen-bond acceptors (Lipinski definition) is 6. The fourth-order valence-corrected chi connectivity index (χ4v) is 5.07. The normalized spacial score (nSPS) is 16.3. The van der Waals surface area contributed by atoms with Crippen molar-refractivity contribution in [1.29, 1.82) is 0 Å². The Labute approximate surface area is 172 Å². The van der Waals surface area contributed by atoms with Gasteiger partial charge in [-0.1, -0.05) is 20.8 Å². The average molecular weight is 420 g/mol. The first-order valence-electron chi connectivity index (χ1n) is 9.40. The van der Waals surface area contributed by atoms with Gasteiger partial charge in [-0.15, -0.1) is 11.3 Å². The number of thiophene rings is 1.